The Morgan fingerprint density at radius 2 is 1.83 bits per heavy atom. The second-order valence-electron chi connectivity index (χ2n) is 6.34. The van der Waals surface area contributed by atoms with Gasteiger partial charge in [0.05, 0.1) is 0 Å². The second kappa shape index (κ2) is 7.51. The van der Waals surface area contributed by atoms with Crippen molar-refractivity contribution in [3.63, 3.8) is 0 Å². The van der Waals surface area contributed by atoms with Crippen molar-refractivity contribution in [3.05, 3.63) is 0 Å². The van der Waals surface area contributed by atoms with E-state index in [9.17, 15) is 22.8 Å². The Labute approximate surface area is 133 Å². The van der Waals surface area contributed by atoms with Gasteiger partial charge < -0.3 is 15.0 Å². The van der Waals surface area contributed by atoms with Crippen LogP contribution < -0.4 is 5.32 Å². The predicted molar refractivity (Wildman–Crippen MR) is 76.6 cm³/mol. The van der Waals surface area contributed by atoms with Crippen LogP contribution in [0.25, 0.3) is 0 Å². The highest BCUT2D eigenvalue weighted by Crippen LogP contribution is 2.33. The minimum Gasteiger partial charge on any atom is -0.381 e. The van der Waals surface area contributed by atoms with Crippen LogP contribution in [0.4, 0.5) is 13.2 Å². The largest absolute Gasteiger partial charge is 0.408 e. The van der Waals surface area contributed by atoms with Gasteiger partial charge in [0.2, 0.25) is 11.8 Å². The van der Waals surface area contributed by atoms with Gasteiger partial charge in [-0.25, -0.2) is 0 Å². The summed E-state index contributed by atoms with van der Waals surface area (Å²) in [5.41, 5.74) is 0. The molecule has 2 saturated heterocycles. The van der Waals surface area contributed by atoms with Gasteiger partial charge in [-0.05, 0) is 31.6 Å². The van der Waals surface area contributed by atoms with E-state index in [0.717, 1.165) is 4.90 Å². The average molecular weight is 336 g/mol. The highest BCUT2D eigenvalue weighted by atomic mass is 19.4. The normalized spacial score (nSPS) is 26.9. The summed E-state index contributed by atoms with van der Waals surface area (Å²) in [5.74, 6) is -0.696. The number of carbonyl (C=O) groups is 2. The third-order valence-electron chi connectivity index (χ3n) is 4.49. The molecule has 2 heterocycles. The molecule has 0 radical (unpaired) electrons. The highest BCUT2D eigenvalue weighted by Gasteiger charge is 2.48. The third kappa shape index (κ3) is 5.09. The number of alkyl halides is 3. The van der Waals surface area contributed by atoms with Crippen molar-refractivity contribution >= 4 is 11.8 Å². The molecule has 0 spiro atoms. The summed E-state index contributed by atoms with van der Waals surface area (Å²) in [5, 5.41) is 2.62. The fraction of sp³-hybridized carbons (Fsp3) is 0.867. The smallest absolute Gasteiger partial charge is 0.381 e. The monoisotopic (exact) mass is 336 g/mol. The van der Waals surface area contributed by atoms with Crippen molar-refractivity contribution in [1.82, 2.24) is 10.2 Å². The lowest BCUT2D eigenvalue weighted by molar-refractivity contribution is -0.198. The molecule has 2 fully saturated rings. The number of hydrogen-bond acceptors (Lipinski definition) is 3. The second-order valence-corrected chi connectivity index (χ2v) is 6.34. The number of likely N-dealkylation sites (tertiary alicyclic amines) is 1. The van der Waals surface area contributed by atoms with Crippen molar-refractivity contribution in [2.75, 3.05) is 19.8 Å². The zero-order valence-corrected chi connectivity index (χ0v) is 13.2. The van der Waals surface area contributed by atoms with Crippen molar-refractivity contribution < 1.29 is 27.5 Å². The topological polar surface area (TPSA) is 58.6 Å². The summed E-state index contributed by atoms with van der Waals surface area (Å²) in [6, 6.07) is -2.16. The SMILES string of the molecule is CC(=O)N[C@H]1CC[C@H](C(F)(F)F)N(C(=O)CC2CCOCC2)C1. The van der Waals surface area contributed by atoms with Crippen LogP contribution in [-0.4, -0.2) is 54.7 Å². The first kappa shape index (κ1) is 18.0. The first-order valence-corrected chi connectivity index (χ1v) is 7.98. The lowest BCUT2D eigenvalue weighted by Gasteiger charge is -2.41. The third-order valence-corrected chi connectivity index (χ3v) is 4.49. The summed E-state index contributed by atoms with van der Waals surface area (Å²) in [6.07, 6.45) is -2.87. The molecule has 0 aromatic carbocycles. The molecule has 2 aliphatic rings. The van der Waals surface area contributed by atoms with Crippen LogP contribution in [0.2, 0.25) is 0 Å². The van der Waals surface area contributed by atoms with Crippen LogP contribution in [0.15, 0.2) is 0 Å². The molecular weight excluding hydrogens is 313 g/mol. The zero-order chi connectivity index (χ0) is 17.0. The summed E-state index contributed by atoms with van der Waals surface area (Å²) < 4.78 is 44.9. The van der Waals surface area contributed by atoms with Crippen LogP contribution in [-0.2, 0) is 14.3 Å². The molecule has 0 bridgehead atoms. The first-order chi connectivity index (χ1) is 10.8. The van der Waals surface area contributed by atoms with Gasteiger partial charge in [0.15, 0.2) is 0 Å². The van der Waals surface area contributed by atoms with Gasteiger partial charge in [0.25, 0.3) is 0 Å². The zero-order valence-electron chi connectivity index (χ0n) is 13.2. The number of ether oxygens (including phenoxy) is 1. The van der Waals surface area contributed by atoms with Gasteiger partial charge in [-0.15, -0.1) is 0 Å². The van der Waals surface area contributed by atoms with Gasteiger partial charge in [0, 0.05) is 39.1 Å². The lowest BCUT2D eigenvalue weighted by Crippen LogP contribution is -2.58. The number of piperidine rings is 1. The van der Waals surface area contributed by atoms with Crippen LogP contribution in [0.1, 0.15) is 39.0 Å². The molecule has 23 heavy (non-hydrogen) atoms. The number of rotatable bonds is 3. The summed E-state index contributed by atoms with van der Waals surface area (Å²) in [4.78, 5) is 24.5. The molecule has 0 aliphatic carbocycles. The van der Waals surface area contributed by atoms with Crippen molar-refractivity contribution in [2.45, 2.75) is 57.3 Å². The van der Waals surface area contributed by atoms with Gasteiger partial charge in [-0.2, -0.15) is 13.2 Å². The maximum atomic E-state index is 13.2. The van der Waals surface area contributed by atoms with Crippen LogP contribution in [0.5, 0.6) is 0 Å². The van der Waals surface area contributed by atoms with Gasteiger partial charge >= 0.3 is 6.18 Å². The van der Waals surface area contributed by atoms with Crippen LogP contribution in [0, 0.1) is 5.92 Å². The fourth-order valence-electron chi connectivity index (χ4n) is 3.31. The molecule has 0 aromatic rings. The molecule has 0 saturated carbocycles. The highest BCUT2D eigenvalue weighted by molar-refractivity contribution is 5.77. The van der Waals surface area contributed by atoms with E-state index >= 15 is 0 Å². The molecule has 0 unspecified atom stereocenters. The minimum atomic E-state index is -4.44. The van der Waals surface area contributed by atoms with E-state index < -0.39 is 24.2 Å². The Hall–Kier alpha value is -1.31. The Bertz CT molecular complexity index is 436. The molecule has 132 valence electrons. The van der Waals surface area contributed by atoms with Gasteiger partial charge in [-0.1, -0.05) is 0 Å². The Kier molecular flexibility index (Phi) is 5.89. The van der Waals surface area contributed by atoms with Crippen molar-refractivity contribution in [1.29, 1.82) is 0 Å². The molecule has 8 heteroatoms. The molecule has 2 amide bonds. The van der Waals surface area contributed by atoms with Crippen molar-refractivity contribution in [3.8, 4) is 0 Å². The lowest BCUT2D eigenvalue weighted by atomic mass is 9.93. The fourth-order valence-corrected chi connectivity index (χ4v) is 3.31. The molecule has 2 rings (SSSR count). The van der Waals surface area contributed by atoms with E-state index in [1.165, 1.54) is 6.92 Å². The van der Waals surface area contributed by atoms with Crippen molar-refractivity contribution in [2.24, 2.45) is 5.92 Å². The number of halogens is 3. The summed E-state index contributed by atoms with van der Waals surface area (Å²) in [7, 11) is 0. The molecule has 1 N–H and O–H groups in total. The Morgan fingerprint density at radius 1 is 1.17 bits per heavy atom. The number of nitrogens with one attached hydrogen (secondary N) is 1. The number of hydrogen-bond donors (Lipinski definition) is 1. The summed E-state index contributed by atoms with van der Waals surface area (Å²) in [6.45, 7) is 2.35. The van der Waals surface area contributed by atoms with E-state index in [1.807, 2.05) is 0 Å². The number of carbonyl (C=O) groups excluding carboxylic acids is 2. The van der Waals surface area contributed by atoms with Gasteiger partial charge in [0.1, 0.15) is 6.04 Å². The predicted octanol–water partition coefficient (Wildman–Crippen LogP) is 1.86. The maximum Gasteiger partial charge on any atom is 0.408 e. The quantitative estimate of drug-likeness (QED) is 0.856. The Morgan fingerprint density at radius 3 is 2.39 bits per heavy atom. The molecule has 2 atom stereocenters. The van der Waals surface area contributed by atoms with E-state index in [2.05, 4.69) is 5.32 Å². The molecular formula is C15H23F3N2O3. The first-order valence-electron chi connectivity index (χ1n) is 7.98. The van der Waals surface area contributed by atoms with Crippen LogP contribution >= 0.6 is 0 Å². The number of amides is 2. The van der Waals surface area contributed by atoms with E-state index in [0.29, 0.717) is 26.1 Å². The summed E-state index contributed by atoms with van der Waals surface area (Å²) >= 11 is 0. The van der Waals surface area contributed by atoms with E-state index in [-0.39, 0.29) is 37.6 Å². The van der Waals surface area contributed by atoms with E-state index in [4.69, 9.17) is 4.74 Å². The molecule has 0 aromatic heterocycles. The minimum absolute atomic E-state index is 0.0753. The maximum absolute atomic E-state index is 13.2. The average Bonchev–Trinajstić information content (AvgIpc) is 2.46. The van der Waals surface area contributed by atoms with E-state index in [1.54, 1.807) is 0 Å². The number of nitrogens with zero attached hydrogens (tertiary/aromatic N) is 1. The van der Waals surface area contributed by atoms with Crippen LogP contribution in [0.3, 0.4) is 0 Å². The molecule has 2 aliphatic heterocycles. The van der Waals surface area contributed by atoms with Gasteiger partial charge in [-0.3, -0.25) is 9.59 Å². The standard InChI is InChI=1S/C15H23F3N2O3/c1-10(21)19-12-2-3-13(15(16,17)18)20(9-12)14(22)8-11-4-6-23-7-5-11/h11-13H,2-9H2,1H3,(H,19,21)/t12-,13+/m0/s1. The Balaban J connectivity index is 2.03. The molecule has 5 nitrogen and oxygen atoms in total.